The van der Waals surface area contributed by atoms with E-state index >= 15 is 0 Å². The Balaban J connectivity index is 3.35. The quantitative estimate of drug-likeness (QED) is 0.551. The van der Waals surface area contributed by atoms with Crippen molar-refractivity contribution in [1.82, 2.24) is 0 Å². The third-order valence-electron chi connectivity index (χ3n) is 1.68. The zero-order valence-corrected chi connectivity index (χ0v) is 9.57. The summed E-state index contributed by atoms with van der Waals surface area (Å²) in [5.74, 6) is 0. The second-order valence-electron chi connectivity index (χ2n) is 5.72. The van der Waals surface area contributed by atoms with Crippen LogP contribution in [0.5, 0.6) is 0 Å². The lowest BCUT2D eigenvalue weighted by molar-refractivity contribution is -0.779. The maximum absolute atomic E-state index is 2.40. The first-order valence-electron chi connectivity index (χ1n) is 4.89. The fraction of sp³-hybridized carbons (Fsp3) is 1.00. The summed E-state index contributed by atoms with van der Waals surface area (Å²) in [4.78, 5) is 0. The van der Waals surface area contributed by atoms with E-state index in [1.54, 1.807) is 0 Å². The van der Waals surface area contributed by atoms with Crippen LogP contribution in [0.4, 0.5) is 0 Å². The topological polar surface area (TPSA) is 33.2 Å². The lowest BCUT2D eigenvalue weighted by Crippen LogP contribution is -3.03. The molecule has 0 bridgehead atoms. The second-order valence-corrected chi connectivity index (χ2v) is 5.72. The fourth-order valence-corrected chi connectivity index (χ4v) is 1.03. The molecule has 0 unspecified atom stereocenters. The van der Waals surface area contributed by atoms with E-state index in [0.717, 1.165) is 0 Å². The standard InChI is InChI=1S/C10H24N2/c1-9(2,3)11-7-8-12-10(4,5)6/h11-12H,7-8H2,1-6H3/p+2. The van der Waals surface area contributed by atoms with Crippen molar-refractivity contribution in [2.75, 3.05) is 13.1 Å². The van der Waals surface area contributed by atoms with Crippen molar-refractivity contribution >= 4 is 0 Å². The molecular weight excluding hydrogens is 148 g/mol. The van der Waals surface area contributed by atoms with E-state index in [2.05, 4.69) is 52.2 Å². The van der Waals surface area contributed by atoms with Crippen molar-refractivity contribution in [3.05, 3.63) is 0 Å². The molecule has 74 valence electrons. The van der Waals surface area contributed by atoms with Gasteiger partial charge < -0.3 is 10.6 Å². The average molecular weight is 174 g/mol. The van der Waals surface area contributed by atoms with E-state index in [-0.39, 0.29) is 0 Å². The summed E-state index contributed by atoms with van der Waals surface area (Å²) in [5.41, 5.74) is 0.761. The van der Waals surface area contributed by atoms with Crippen LogP contribution in [0.2, 0.25) is 0 Å². The summed E-state index contributed by atoms with van der Waals surface area (Å²) in [6, 6.07) is 0. The zero-order chi connectivity index (χ0) is 9.83. The van der Waals surface area contributed by atoms with Gasteiger partial charge in [-0.1, -0.05) is 0 Å². The molecule has 0 rings (SSSR count). The molecule has 0 aromatic rings. The minimum absolute atomic E-state index is 0.381. The molecule has 4 N–H and O–H groups in total. The van der Waals surface area contributed by atoms with Gasteiger partial charge in [0.2, 0.25) is 0 Å². The van der Waals surface area contributed by atoms with Crippen molar-refractivity contribution in [1.29, 1.82) is 0 Å². The van der Waals surface area contributed by atoms with Gasteiger partial charge >= 0.3 is 0 Å². The van der Waals surface area contributed by atoms with Gasteiger partial charge in [0.1, 0.15) is 13.1 Å². The molecule has 0 saturated heterocycles. The molecule has 0 aliphatic heterocycles. The van der Waals surface area contributed by atoms with Crippen molar-refractivity contribution in [2.24, 2.45) is 0 Å². The first-order chi connectivity index (χ1) is 5.21. The van der Waals surface area contributed by atoms with Crippen molar-refractivity contribution < 1.29 is 10.6 Å². The molecule has 0 heterocycles. The van der Waals surface area contributed by atoms with Crippen LogP contribution in [0, 0.1) is 0 Å². The largest absolute Gasteiger partial charge is 0.337 e. The first-order valence-corrected chi connectivity index (χ1v) is 4.89. The summed E-state index contributed by atoms with van der Waals surface area (Å²) >= 11 is 0. The van der Waals surface area contributed by atoms with Crippen LogP contribution in [0.25, 0.3) is 0 Å². The average Bonchev–Trinajstić information content (AvgIpc) is 1.76. The molecule has 0 radical (unpaired) electrons. The van der Waals surface area contributed by atoms with Crippen LogP contribution in [-0.4, -0.2) is 24.2 Å². The molecule has 0 aromatic heterocycles. The molecular formula is C10H26N2+2. The summed E-state index contributed by atoms with van der Waals surface area (Å²) in [7, 11) is 0. The van der Waals surface area contributed by atoms with Gasteiger partial charge in [-0.25, -0.2) is 0 Å². The Morgan fingerprint density at radius 2 is 0.917 bits per heavy atom. The molecule has 2 nitrogen and oxygen atoms in total. The second kappa shape index (κ2) is 4.24. The van der Waals surface area contributed by atoms with E-state index in [1.165, 1.54) is 13.1 Å². The van der Waals surface area contributed by atoms with Crippen LogP contribution in [0.1, 0.15) is 41.5 Å². The lowest BCUT2D eigenvalue weighted by Gasteiger charge is -2.19. The Kier molecular flexibility index (Phi) is 4.21. The van der Waals surface area contributed by atoms with Gasteiger partial charge in [-0.2, -0.15) is 0 Å². The number of quaternary nitrogens is 2. The van der Waals surface area contributed by atoms with E-state index in [4.69, 9.17) is 0 Å². The Bertz CT molecular complexity index is 101. The van der Waals surface area contributed by atoms with Gasteiger partial charge in [0.15, 0.2) is 0 Å². The molecule has 0 fully saturated rings. The minimum Gasteiger partial charge on any atom is -0.337 e. The number of nitrogens with two attached hydrogens (primary N) is 2. The Morgan fingerprint density at radius 3 is 1.08 bits per heavy atom. The molecule has 0 atom stereocenters. The molecule has 0 aliphatic rings. The highest BCUT2D eigenvalue weighted by Gasteiger charge is 2.15. The molecule has 2 heteroatoms. The maximum Gasteiger partial charge on any atom is 0.126 e. The number of hydrogen-bond donors (Lipinski definition) is 2. The highest BCUT2D eigenvalue weighted by molar-refractivity contribution is 4.53. The molecule has 0 aliphatic carbocycles. The van der Waals surface area contributed by atoms with E-state index in [0.29, 0.717) is 11.1 Å². The van der Waals surface area contributed by atoms with E-state index in [1.807, 2.05) is 0 Å². The third kappa shape index (κ3) is 9.92. The highest BCUT2D eigenvalue weighted by atomic mass is 15.0. The van der Waals surface area contributed by atoms with Gasteiger partial charge in [0, 0.05) is 0 Å². The lowest BCUT2D eigenvalue weighted by atomic mass is 10.1. The van der Waals surface area contributed by atoms with Crippen LogP contribution < -0.4 is 10.6 Å². The first kappa shape index (κ1) is 11.9. The summed E-state index contributed by atoms with van der Waals surface area (Å²) in [5, 5.41) is 4.80. The summed E-state index contributed by atoms with van der Waals surface area (Å²) in [6.07, 6.45) is 0. The maximum atomic E-state index is 2.40. The summed E-state index contributed by atoms with van der Waals surface area (Å²) < 4.78 is 0. The third-order valence-corrected chi connectivity index (χ3v) is 1.68. The van der Waals surface area contributed by atoms with Crippen LogP contribution in [-0.2, 0) is 0 Å². The zero-order valence-electron chi connectivity index (χ0n) is 9.57. The predicted molar refractivity (Wildman–Crippen MR) is 53.1 cm³/mol. The molecule has 12 heavy (non-hydrogen) atoms. The Morgan fingerprint density at radius 1 is 0.667 bits per heavy atom. The highest BCUT2D eigenvalue weighted by Crippen LogP contribution is 1.88. The van der Waals surface area contributed by atoms with Crippen LogP contribution in [0.3, 0.4) is 0 Å². The molecule has 0 saturated carbocycles. The smallest absolute Gasteiger partial charge is 0.126 e. The van der Waals surface area contributed by atoms with Crippen molar-refractivity contribution in [3.8, 4) is 0 Å². The van der Waals surface area contributed by atoms with Gasteiger partial charge in [-0.3, -0.25) is 0 Å². The van der Waals surface area contributed by atoms with Gasteiger partial charge in [-0.05, 0) is 41.5 Å². The van der Waals surface area contributed by atoms with Gasteiger partial charge in [0.05, 0.1) is 11.1 Å². The van der Waals surface area contributed by atoms with Gasteiger partial charge in [-0.15, -0.1) is 0 Å². The van der Waals surface area contributed by atoms with Crippen molar-refractivity contribution in [3.63, 3.8) is 0 Å². The Hall–Kier alpha value is -0.0800. The van der Waals surface area contributed by atoms with E-state index < -0.39 is 0 Å². The predicted octanol–water partition coefficient (Wildman–Crippen LogP) is -0.290. The van der Waals surface area contributed by atoms with Gasteiger partial charge in [0.25, 0.3) is 0 Å². The fourth-order valence-electron chi connectivity index (χ4n) is 1.03. The normalized spacial score (nSPS) is 13.5. The van der Waals surface area contributed by atoms with E-state index in [9.17, 15) is 0 Å². The van der Waals surface area contributed by atoms with Crippen LogP contribution in [0.15, 0.2) is 0 Å². The van der Waals surface area contributed by atoms with Crippen molar-refractivity contribution in [2.45, 2.75) is 52.6 Å². The Labute approximate surface area is 77.1 Å². The summed E-state index contributed by atoms with van der Waals surface area (Å²) in [6.45, 7) is 15.9. The monoisotopic (exact) mass is 174 g/mol. The number of hydrogen-bond acceptors (Lipinski definition) is 0. The molecule has 0 spiro atoms. The van der Waals surface area contributed by atoms with Crippen LogP contribution >= 0.6 is 0 Å². The SMILES string of the molecule is CC(C)(C)[NH2+]CC[NH2+]C(C)(C)C. The molecule has 0 amide bonds. The molecule has 0 aromatic carbocycles. The minimum atomic E-state index is 0.381. The number of rotatable bonds is 3.